The van der Waals surface area contributed by atoms with Gasteiger partial charge in [-0.25, -0.2) is 0 Å². The summed E-state index contributed by atoms with van der Waals surface area (Å²) in [6, 6.07) is 7.26. The van der Waals surface area contributed by atoms with E-state index in [1.165, 1.54) is 6.92 Å². The number of Topliss-reactive ketones (excluding diaryl/α,β-unsaturated/α-hetero) is 1. The van der Waals surface area contributed by atoms with Gasteiger partial charge in [-0.15, -0.1) is 0 Å². The molecule has 8 heteroatoms. The van der Waals surface area contributed by atoms with Crippen molar-refractivity contribution in [1.29, 1.82) is 0 Å². The number of hydrogen-bond donors (Lipinski definition) is 3. The monoisotopic (exact) mass is 306 g/mol. The van der Waals surface area contributed by atoms with Crippen LogP contribution in [0.25, 0.3) is 0 Å². The number of hydrazone groups is 1. The molecule has 8 N–H and O–H groups in total. The molecule has 0 saturated heterocycles. The maximum Gasteiger partial charge on any atom is 0.161 e. The molecule has 0 spiro atoms. The summed E-state index contributed by atoms with van der Waals surface area (Å²) in [4.78, 5) is 18.3. The third-order valence-corrected chi connectivity index (χ3v) is 2.34. The summed E-state index contributed by atoms with van der Waals surface area (Å²) in [5, 5.41) is 3.54. The second kappa shape index (κ2) is 13.3. The van der Waals surface area contributed by atoms with Gasteiger partial charge in [0.05, 0.1) is 5.71 Å². The third-order valence-electron chi connectivity index (χ3n) is 2.34. The van der Waals surface area contributed by atoms with Crippen molar-refractivity contribution in [3.8, 4) is 0 Å². The van der Waals surface area contributed by atoms with Gasteiger partial charge in [0.1, 0.15) is 0 Å². The van der Waals surface area contributed by atoms with E-state index < -0.39 is 0 Å². The predicted molar refractivity (Wildman–Crippen MR) is 86.9 cm³/mol. The van der Waals surface area contributed by atoms with Crippen molar-refractivity contribution < 1.29 is 10.3 Å². The van der Waals surface area contributed by atoms with Gasteiger partial charge < -0.3 is 11.3 Å². The maximum absolute atomic E-state index is 10.6. The van der Waals surface area contributed by atoms with Gasteiger partial charge in [-0.1, -0.05) is 6.07 Å². The van der Waals surface area contributed by atoms with Crippen LogP contribution in [0.1, 0.15) is 29.8 Å². The fourth-order valence-electron chi connectivity index (χ4n) is 1.22. The minimum Gasteiger partial charge on any atom is -0.412 e. The van der Waals surface area contributed by atoms with E-state index >= 15 is 0 Å². The highest BCUT2D eigenvalue weighted by atomic mass is 16.1. The van der Waals surface area contributed by atoms with Gasteiger partial charge in [0.25, 0.3) is 0 Å². The molecule has 2 rings (SSSR count). The zero-order chi connectivity index (χ0) is 16.1. The highest BCUT2D eigenvalue weighted by Gasteiger charge is 1.94. The minimum atomic E-state index is 0. The van der Waals surface area contributed by atoms with Crippen molar-refractivity contribution in [3.63, 3.8) is 0 Å². The highest BCUT2D eigenvalue weighted by Crippen LogP contribution is 1.96. The fourth-order valence-corrected chi connectivity index (χ4v) is 1.22. The molecule has 0 aliphatic carbocycles. The van der Waals surface area contributed by atoms with E-state index in [-0.39, 0.29) is 11.3 Å². The van der Waals surface area contributed by atoms with Gasteiger partial charge in [0, 0.05) is 35.9 Å². The largest absolute Gasteiger partial charge is 0.412 e. The number of hydrazine groups is 1. The Balaban J connectivity index is 0. The SMILES string of the molecule is CC(=NN)c1cccnc1.CC(=O)c1cccnc1.NN.O. The Morgan fingerprint density at radius 2 is 1.45 bits per heavy atom. The van der Waals surface area contributed by atoms with E-state index in [1.54, 1.807) is 36.9 Å². The third kappa shape index (κ3) is 8.48. The number of aromatic nitrogens is 2. The van der Waals surface area contributed by atoms with E-state index in [0.29, 0.717) is 5.56 Å². The van der Waals surface area contributed by atoms with Gasteiger partial charge in [-0.3, -0.25) is 26.4 Å². The fraction of sp³-hybridized carbons (Fsp3) is 0.143. The molecule has 0 aromatic carbocycles. The van der Waals surface area contributed by atoms with E-state index in [1.807, 2.05) is 19.1 Å². The molecule has 0 bridgehead atoms. The minimum absolute atomic E-state index is 0. The lowest BCUT2D eigenvalue weighted by Crippen LogP contribution is -2.02. The van der Waals surface area contributed by atoms with E-state index in [9.17, 15) is 4.79 Å². The summed E-state index contributed by atoms with van der Waals surface area (Å²) in [5.74, 6) is 13.1. The zero-order valence-corrected chi connectivity index (χ0v) is 12.6. The normalized spacial score (nSPS) is 9.18. The van der Waals surface area contributed by atoms with Crippen LogP contribution >= 0.6 is 0 Å². The van der Waals surface area contributed by atoms with E-state index in [2.05, 4.69) is 26.8 Å². The standard InChI is InChI=1S/C7H9N3.C7H7NO.H4N2.H2O/c1-6(10-8)7-3-2-4-9-5-7;1-6(9)7-3-2-4-8-5-7;1-2;/h2-5H,8H2,1H3;2-5H,1H3;1-2H2;1H2. The lowest BCUT2D eigenvalue weighted by atomic mass is 10.2. The first-order valence-electron chi connectivity index (χ1n) is 6.04. The first-order valence-corrected chi connectivity index (χ1v) is 6.04. The van der Waals surface area contributed by atoms with Gasteiger partial charge in [0.15, 0.2) is 5.78 Å². The first-order chi connectivity index (χ1) is 10.1. The van der Waals surface area contributed by atoms with Crippen LogP contribution in [-0.4, -0.2) is 26.9 Å². The van der Waals surface area contributed by atoms with Gasteiger partial charge in [0.2, 0.25) is 0 Å². The summed E-state index contributed by atoms with van der Waals surface area (Å²) < 4.78 is 0. The lowest BCUT2D eigenvalue weighted by molar-refractivity contribution is 0.101. The molecular weight excluding hydrogens is 284 g/mol. The summed E-state index contributed by atoms with van der Waals surface area (Å²) in [6.07, 6.45) is 6.65. The second-order valence-electron chi connectivity index (χ2n) is 3.75. The molecule has 22 heavy (non-hydrogen) atoms. The molecule has 0 aliphatic heterocycles. The van der Waals surface area contributed by atoms with Crippen LogP contribution in [0.4, 0.5) is 0 Å². The van der Waals surface area contributed by atoms with Crippen molar-refractivity contribution in [3.05, 3.63) is 60.2 Å². The van der Waals surface area contributed by atoms with Crippen LogP contribution in [0.3, 0.4) is 0 Å². The van der Waals surface area contributed by atoms with Gasteiger partial charge >= 0.3 is 0 Å². The van der Waals surface area contributed by atoms with Crippen LogP contribution in [0.15, 0.2) is 54.2 Å². The Kier molecular flexibility index (Phi) is 13.1. The van der Waals surface area contributed by atoms with Crippen LogP contribution in [0.2, 0.25) is 0 Å². The van der Waals surface area contributed by atoms with Crippen molar-refractivity contribution in [2.24, 2.45) is 22.6 Å². The van der Waals surface area contributed by atoms with Crippen LogP contribution in [0, 0.1) is 0 Å². The Morgan fingerprint density at radius 1 is 1.00 bits per heavy atom. The Labute approximate surface area is 129 Å². The highest BCUT2D eigenvalue weighted by molar-refractivity contribution is 5.98. The molecule has 8 nitrogen and oxygen atoms in total. The summed E-state index contributed by atoms with van der Waals surface area (Å²) >= 11 is 0. The number of ketones is 1. The van der Waals surface area contributed by atoms with Crippen molar-refractivity contribution >= 4 is 11.5 Å². The number of carbonyl (C=O) groups is 1. The second-order valence-corrected chi connectivity index (χ2v) is 3.75. The molecule has 2 heterocycles. The Hall–Kier alpha value is -2.68. The first kappa shape index (κ1) is 21.6. The number of nitrogens with two attached hydrogens (primary N) is 3. The number of rotatable bonds is 2. The van der Waals surface area contributed by atoms with Gasteiger partial charge in [-0.2, -0.15) is 5.10 Å². The quantitative estimate of drug-likeness (QED) is 0.306. The van der Waals surface area contributed by atoms with Crippen molar-refractivity contribution in [2.45, 2.75) is 13.8 Å². The summed E-state index contributed by atoms with van der Waals surface area (Å²) in [7, 11) is 0. The molecule has 0 unspecified atom stereocenters. The molecule has 0 radical (unpaired) electrons. The lowest BCUT2D eigenvalue weighted by Gasteiger charge is -1.94. The van der Waals surface area contributed by atoms with E-state index in [4.69, 9.17) is 5.84 Å². The predicted octanol–water partition coefficient (Wildman–Crippen LogP) is 0.0426. The molecule has 0 aliphatic rings. The van der Waals surface area contributed by atoms with Crippen molar-refractivity contribution in [2.75, 3.05) is 0 Å². The summed E-state index contributed by atoms with van der Waals surface area (Å²) in [5.41, 5.74) is 2.43. The molecule has 0 atom stereocenters. The molecule has 120 valence electrons. The van der Waals surface area contributed by atoms with E-state index in [0.717, 1.165) is 11.3 Å². The molecule has 2 aromatic heterocycles. The molecule has 0 amide bonds. The topological polar surface area (TPSA) is 165 Å². The van der Waals surface area contributed by atoms with Crippen LogP contribution in [0.5, 0.6) is 0 Å². The zero-order valence-electron chi connectivity index (χ0n) is 12.6. The van der Waals surface area contributed by atoms with Gasteiger partial charge in [-0.05, 0) is 32.0 Å². The number of pyridine rings is 2. The summed E-state index contributed by atoms with van der Waals surface area (Å²) in [6.45, 7) is 3.37. The average molecular weight is 306 g/mol. The molecule has 0 fully saturated rings. The van der Waals surface area contributed by atoms with Crippen LogP contribution in [-0.2, 0) is 0 Å². The number of carbonyl (C=O) groups excluding carboxylic acids is 1. The van der Waals surface area contributed by atoms with Crippen LogP contribution < -0.4 is 17.5 Å². The number of hydrogen-bond acceptors (Lipinski definition) is 7. The van der Waals surface area contributed by atoms with Crippen molar-refractivity contribution in [1.82, 2.24) is 9.97 Å². The molecule has 0 saturated carbocycles. The Morgan fingerprint density at radius 3 is 1.73 bits per heavy atom. The number of nitrogens with zero attached hydrogens (tertiary/aromatic N) is 3. The maximum atomic E-state index is 10.6. The smallest absolute Gasteiger partial charge is 0.161 e. The Bertz CT molecular complexity index is 546. The molecule has 2 aromatic rings. The average Bonchev–Trinajstić information content (AvgIpc) is 2.58. The molecular formula is C14H22N6O2.